The van der Waals surface area contributed by atoms with Crippen molar-refractivity contribution in [2.24, 2.45) is 0 Å². The number of hydrogen-bond donors (Lipinski definition) is 3. The number of sulfonamides is 1. The Hall–Kier alpha value is -3.72. The van der Waals surface area contributed by atoms with E-state index in [1.165, 1.54) is 12.1 Å². The molecule has 0 atom stereocenters. The van der Waals surface area contributed by atoms with Gasteiger partial charge in [0.05, 0.1) is 4.90 Å². The molecule has 0 saturated heterocycles. The summed E-state index contributed by atoms with van der Waals surface area (Å²) in [4.78, 5) is 12.6. The molecule has 0 bridgehead atoms. The molecule has 0 unspecified atom stereocenters. The Morgan fingerprint density at radius 1 is 0.714 bits per heavy atom. The van der Waals surface area contributed by atoms with Gasteiger partial charge in [-0.15, -0.1) is 0 Å². The second-order valence-electron chi connectivity index (χ2n) is 7.49. The lowest BCUT2D eigenvalue weighted by Gasteiger charge is -2.12. The van der Waals surface area contributed by atoms with Gasteiger partial charge in [0.2, 0.25) is 0 Å². The summed E-state index contributed by atoms with van der Waals surface area (Å²) in [6, 6.07) is 29.4. The fraction of sp³-hybridized carbons (Fsp3) is 0. The zero-order valence-electron chi connectivity index (χ0n) is 18.2. The summed E-state index contributed by atoms with van der Waals surface area (Å²) in [6.07, 6.45) is 0. The highest BCUT2D eigenvalue weighted by atomic mass is 35.5. The van der Waals surface area contributed by atoms with Crippen molar-refractivity contribution in [2.45, 2.75) is 4.90 Å². The van der Waals surface area contributed by atoms with Crippen molar-refractivity contribution in [2.75, 3.05) is 10.0 Å². The topological polar surface area (TPSA) is 87.3 Å². The molecular weight excluding hydrogens is 502 g/mol. The van der Waals surface area contributed by atoms with Crippen LogP contribution in [0.5, 0.6) is 0 Å². The Labute approximate surface area is 214 Å². The average Bonchev–Trinajstić information content (AvgIpc) is 2.86. The number of amides is 1. The molecule has 4 rings (SSSR count). The second-order valence-corrected chi connectivity index (χ2v) is 10.0. The van der Waals surface area contributed by atoms with Crippen molar-refractivity contribution in [1.29, 1.82) is 0 Å². The third kappa shape index (κ3) is 6.45. The number of carbonyl (C=O) groups is 1. The van der Waals surface area contributed by atoms with Gasteiger partial charge in [0, 0.05) is 22.0 Å². The van der Waals surface area contributed by atoms with Crippen molar-refractivity contribution in [1.82, 2.24) is 5.32 Å². The first-order valence-electron chi connectivity index (χ1n) is 10.5. The maximum atomic E-state index is 12.6. The van der Waals surface area contributed by atoms with Gasteiger partial charge < -0.3 is 5.32 Å². The van der Waals surface area contributed by atoms with Crippen LogP contribution in [0.1, 0.15) is 10.4 Å². The van der Waals surface area contributed by atoms with Crippen LogP contribution in [-0.4, -0.2) is 19.4 Å². The van der Waals surface area contributed by atoms with Crippen LogP contribution in [0.3, 0.4) is 0 Å². The Morgan fingerprint density at radius 3 is 1.91 bits per heavy atom. The Morgan fingerprint density at radius 2 is 1.29 bits per heavy atom. The Bertz CT molecular complexity index is 1440. The highest BCUT2D eigenvalue weighted by molar-refractivity contribution is 7.92. The van der Waals surface area contributed by atoms with Gasteiger partial charge in [-0.25, -0.2) is 8.42 Å². The summed E-state index contributed by atoms with van der Waals surface area (Å²) in [7, 11) is -3.77. The van der Waals surface area contributed by atoms with Gasteiger partial charge in [0.1, 0.15) is 0 Å². The Kier molecular flexibility index (Phi) is 7.45. The summed E-state index contributed by atoms with van der Waals surface area (Å²) >= 11 is 11.1. The lowest BCUT2D eigenvalue weighted by Crippen LogP contribution is -2.34. The van der Waals surface area contributed by atoms with Crippen LogP contribution < -0.4 is 15.4 Å². The molecular formula is C26H20ClN3O3S2. The van der Waals surface area contributed by atoms with Crippen molar-refractivity contribution in [3.8, 4) is 11.1 Å². The van der Waals surface area contributed by atoms with Crippen LogP contribution in [0.15, 0.2) is 108 Å². The molecule has 0 aromatic heterocycles. The van der Waals surface area contributed by atoms with Crippen LogP contribution >= 0.6 is 23.8 Å². The zero-order valence-corrected chi connectivity index (χ0v) is 20.6. The zero-order chi connectivity index (χ0) is 24.8. The van der Waals surface area contributed by atoms with Crippen LogP contribution in [0.25, 0.3) is 11.1 Å². The predicted octanol–water partition coefficient (Wildman–Crippen LogP) is 5.93. The number of thiocarbonyl (C=S) groups is 1. The molecule has 1 amide bonds. The molecule has 4 aromatic carbocycles. The number of halogens is 1. The van der Waals surface area contributed by atoms with Crippen LogP contribution in [0, 0.1) is 0 Å². The maximum absolute atomic E-state index is 12.6. The first-order chi connectivity index (χ1) is 16.8. The number of rotatable bonds is 6. The standard InChI is InChI=1S/C26H20ClN3O3S2/c27-21-10-12-23(13-11-21)30-35(32,33)24-16-14-22(15-17-24)28-26(34)29-25(31)20-8-6-19(7-9-20)18-4-2-1-3-5-18/h1-17,30H,(H2,28,29,31,34). The molecule has 0 aliphatic carbocycles. The highest BCUT2D eigenvalue weighted by Gasteiger charge is 2.14. The van der Waals surface area contributed by atoms with E-state index in [1.54, 1.807) is 48.5 Å². The summed E-state index contributed by atoms with van der Waals surface area (Å²) in [5, 5.41) is 6.11. The minimum atomic E-state index is -3.77. The molecule has 0 aliphatic rings. The molecule has 3 N–H and O–H groups in total. The number of anilines is 2. The van der Waals surface area contributed by atoms with Gasteiger partial charge in [-0.2, -0.15) is 0 Å². The van der Waals surface area contributed by atoms with E-state index in [2.05, 4.69) is 15.4 Å². The van der Waals surface area contributed by atoms with Gasteiger partial charge in [-0.1, -0.05) is 54.1 Å². The fourth-order valence-corrected chi connectivity index (χ4v) is 4.63. The van der Waals surface area contributed by atoms with E-state index in [4.69, 9.17) is 23.8 Å². The third-order valence-electron chi connectivity index (χ3n) is 5.00. The summed E-state index contributed by atoms with van der Waals surface area (Å²) < 4.78 is 27.7. The van der Waals surface area contributed by atoms with Gasteiger partial charge in [0.25, 0.3) is 15.9 Å². The summed E-state index contributed by atoms with van der Waals surface area (Å²) in [6.45, 7) is 0. The van der Waals surface area contributed by atoms with E-state index in [0.29, 0.717) is 22.0 Å². The van der Waals surface area contributed by atoms with Crippen LogP contribution in [0.2, 0.25) is 5.02 Å². The molecule has 4 aromatic rings. The predicted molar refractivity (Wildman–Crippen MR) is 144 cm³/mol. The number of carbonyl (C=O) groups excluding carboxylic acids is 1. The lowest BCUT2D eigenvalue weighted by atomic mass is 10.0. The minimum Gasteiger partial charge on any atom is -0.332 e. The Balaban J connectivity index is 1.35. The lowest BCUT2D eigenvalue weighted by molar-refractivity contribution is 0.0977. The maximum Gasteiger partial charge on any atom is 0.261 e. The largest absolute Gasteiger partial charge is 0.332 e. The van der Waals surface area contributed by atoms with E-state index < -0.39 is 10.0 Å². The average molecular weight is 522 g/mol. The smallest absolute Gasteiger partial charge is 0.261 e. The van der Waals surface area contributed by atoms with Crippen LogP contribution in [-0.2, 0) is 10.0 Å². The van der Waals surface area contributed by atoms with Crippen molar-refractivity contribution in [3.05, 3.63) is 114 Å². The monoisotopic (exact) mass is 521 g/mol. The van der Waals surface area contributed by atoms with Crippen molar-refractivity contribution >= 4 is 56.2 Å². The molecule has 6 nitrogen and oxygen atoms in total. The second kappa shape index (κ2) is 10.7. The van der Waals surface area contributed by atoms with E-state index >= 15 is 0 Å². The minimum absolute atomic E-state index is 0.0754. The molecule has 0 spiro atoms. The first kappa shape index (κ1) is 24.4. The molecule has 35 heavy (non-hydrogen) atoms. The molecule has 0 heterocycles. The van der Waals surface area contributed by atoms with E-state index in [9.17, 15) is 13.2 Å². The van der Waals surface area contributed by atoms with E-state index in [1.807, 2.05) is 42.5 Å². The third-order valence-corrected chi connectivity index (χ3v) is 6.85. The van der Waals surface area contributed by atoms with E-state index in [0.717, 1.165) is 11.1 Å². The normalized spacial score (nSPS) is 10.9. The summed E-state index contributed by atoms with van der Waals surface area (Å²) in [5.74, 6) is -0.353. The highest BCUT2D eigenvalue weighted by Crippen LogP contribution is 2.21. The quantitative estimate of drug-likeness (QED) is 0.273. The fourth-order valence-electron chi connectivity index (χ4n) is 3.23. The first-order valence-corrected chi connectivity index (χ1v) is 12.7. The van der Waals surface area contributed by atoms with Gasteiger partial charge in [-0.3, -0.25) is 14.8 Å². The van der Waals surface area contributed by atoms with E-state index in [-0.39, 0.29) is 15.9 Å². The van der Waals surface area contributed by atoms with Crippen molar-refractivity contribution in [3.63, 3.8) is 0 Å². The number of nitrogens with one attached hydrogen (secondary N) is 3. The van der Waals surface area contributed by atoms with Gasteiger partial charge in [-0.05, 0) is 84.0 Å². The SMILES string of the molecule is O=C(NC(=S)Nc1ccc(S(=O)(=O)Nc2ccc(Cl)cc2)cc1)c1ccc(-c2ccccc2)cc1. The van der Waals surface area contributed by atoms with Crippen LogP contribution in [0.4, 0.5) is 11.4 Å². The van der Waals surface area contributed by atoms with Gasteiger partial charge >= 0.3 is 0 Å². The summed E-state index contributed by atoms with van der Waals surface area (Å²) in [5.41, 5.74) is 3.45. The van der Waals surface area contributed by atoms with Gasteiger partial charge in [0.15, 0.2) is 5.11 Å². The molecule has 9 heteroatoms. The molecule has 0 aliphatic heterocycles. The molecule has 0 fully saturated rings. The van der Waals surface area contributed by atoms with Crippen molar-refractivity contribution < 1.29 is 13.2 Å². The molecule has 176 valence electrons. The molecule has 0 saturated carbocycles. The molecule has 0 radical (unpaired) electrons. The number of benzene rings is 4. The number of hydrogen-bond acceptors (Lipinski definition) is 4.